The number of primary amides is 1. The van der Waals surface area contributed by atoms with Gasteiger partial charge in [-0.15, -0.1) is 0 Å². The molecule has 0 aromatic heterocycles. The fourth-order valence-electron chi connectivity index (χ4n) is 1.14. The number of ether oxygens (including phenoxy) is 1. The van der Waals surface area contributed by atoms with Crippen LogP contribution in [-0.4, -0.2) is 12.0 Å². The van der Waals surface area contributed by atoms with E-state index in [0.29, 0.717) is 10.8 Å². The number of halogens is 1. The van der Waals surface area contributed by atoms with Gasteiger partial charge in [-0.25, -0.2) is 0 Å². The number of hydrogen-bond acceptors (Lipinski definition) is 3. The molecular formula is C11H15ClN2O2. The van der Waals surface area contributed by atoms with E-state index in [2.05, 4.69) is 0 Å². The topological polar surface area (TPSA) is 78.3 Å². The Morgan fingerprint density at radius 2 is 2.06 bits per heavy atom. The van der Waals surface area contributed by atoms with E-state index in [1.165, 1.54) is 0 Å². The highest BCUT2D eigenvalue weighted by Gasteiger charge is 2.13. The van der Waals surface area contributed by atoms with Gasteiger partial charge in [-0.2, -0.15) is 0 Å². The normalized spacial score (nSPS) is 14.2. The first-order valence-corrected chi connectivity index (χ1v) is 5.30. The monoisotopic (exact) mass is 242 g/mol. The van der Waals surface area contributed by atoms with E-state index in [1.807, 2.05) is 6.92 Å². The molecule has 0 heterocycles. The lowest BCUT2D eigenvalue weighted by Crippen LogP contribution is -2.30. The van der Waals surface area contributed by atoms with Gasteiger partial charge in [0.2, 0.25) is 0 Å². The SMILES string of the molecule is CC(Oc1ccc([C@@H](C)N)cc1Cl)C(N)=O. The zero-order chi connectivity index (χ0) is 12.3. The molecule has 0 fully saturated rings. The van der Waals surface area contributed by atoms with E-state index in [-0.39, 0.29) is 6.04 Å². The average Bonchev–Trinajstić information content (AvgIpc) is 2.20. The first kappa shape index (κ1) is 12.8. The molecule has 2 atom stereocenters. The van der Waals surface area contributed by atoms with Crippen LogP contribution in [0.2, 0.25) is 5.02 Å². The summed E-state index contributed by atoms with van der Waals surface area (Å²) in [5.41, 5.74) is 11.7. The van der Waals surface area contributed by atoms with Crippen molar-refractivity contribution in [2.45, 2.75) is 26.0 Å². The molecule has 1 aromatic rings. The van der Waals surface area contributed by atoms with Gasteiger partial charge in [-0.1, -0.05) is 17.7 Å². The second-order valence-corrected chi connectivity index (χ2v) is 4.05. The van der Waals surface area contributed by atoms with Gasteiger partial charge in [-0.05, 0) is 31.5 Å². The number of amides is 1. The van der Waals surface area contributed by atoms with Gasteiger partial charge in [0.1, 0.15) is 5.75 Å². The Bertz CT molecular complexity index is 394. The third-order valence-corrected chi connectivity index (χ3v) is 2.48. The molecule has 0 radical (unpaired) electrons. The Morgan fingerprint density at radius 1 is 1.44 bits per heavy atom. The number of nitrogens with two attached hydrogens (primary N) is 2. The van der Waals surface area contributed by atoms with Crippen molar-refractivity contribution in [1.82, 2.24) is 0 Å². The summed E-state index contributed by atoms with van der Waals surface area (Å²) >= 11 is 5.99. The quantitative estimate of drug-likeness (QED) is 0.842. The minimum Gasteiger partial charge on any atom is -0.479 e. The highest BCUT2D eigenvalue weighted by atomic mass is 35.5. The van der Waals surface area contributed by atoms with Crippen molar-refractivity contribution < 1.29 is 9.53 Å². The smallest absolute Gasteiger partial charge is 0.258 e. The molecular weight excluding hydrogens is 228 g/mol. The van der Waals surface area contributed by atoms with Crippen molar-refractivity contribution in [2.24, 2.45) is 11.5 Å². The predicted molar refractivity (Wildman–Crippen MR) is 63.3 cm³/mol. The third-order valence-electron chi connectivity index (χ3n) is 2.19. The molecule has 0 aliphatic carbocycles. The molecule has 1 unspecified atom stereocenters. The molecule has 0 saturated heterocycles. The van der Waals surface area contributed by atoms with Crippen molar-refractivity contribution in [3.8, 4) is 5.75 Å². The zero-order valence-electron chi connectivity index (χ0n) is 9.24. The maximum atomic E-state index is 10.8. The van der Waals surface area contributed by atoms with Crippen molar-refractivity contribution in [3.05, 3.63) is 28.8 Å². The first-order valence-electron chi connectivity index (χ1n) is 4.93. The highest BCUT2D eigenvalue weighted by molar-refractivity contribution is 6.32. The van der Waals surface area contributed by atoms with Gasteiger partial charge >= 0.3 is 0 Å². The number of carbonyl (C=O) groups is 1. The lowest BCUT2D eigenvalue weighted by atomic mass is 10.1. The molecule has 5 heteroatoms. The number of hydrogen-bond donors (Lipinski definition) is 2. The summed E-state index contributed by atoms with van der Waals surface area (Å²) in [6, 6.07) is 5.11. The lowest BCUT2D eigenvalue weighted by Gasteiger charge is -2.14. The Labute approximate surface area is 99.5 Å². The second kappa shape index (κ2) is 5.18. The van der Waals surface area contributed by atoms with Gasteiger partial charge < -0.3 is 16.2 Å². The molecule has 4 nitrogen and oxygen atoms in total. The van der Waals surface area contributed by atoms with Gasteiger partial charge in [0.15, 0.2) is 6.10 Å². The highest BCUT2D eigenvalue weighted by Crippen LogP contribution is 2.28. The molecule has 0 bridgehead atoms. The Hall–Kier alpha value is -1.26. The van der Waals surface area contributed by atoms with E-state index in [0.717, 1.165) is 5.56 Å². The molecule has 0 aliphatic rings. The lowest BCUT2D eigenvalue weighted by molar-refractivity contribution is -0.123. The van der Waals surface area contributed by atoms with Gasteiger partial charge in [0.25, 0.3) is 5.91 Å². The molecule has 1 amide bonds. The molecule has 0 aliphatic heterocycles. The van der Waals surface area contributed by atoms with E-state index >= 15 is 0 Å². The van der Waals surface area contributed by atoms with Gasteiger partial charge in [-0.3, -0.25) is 4.79 Å². The third kappa shape index (κ3) is 3.12. The van der Waals surface area contributed by atoms with Crippen LogP contribution < -0.4 is 16.2 Å². The summed E-state index contributed by atoms with van der Waals surface area (Å²) < 4.78 is 5.29. The maximum Gasteiger partial charge on any atom is 0.258 e. The van der Waals surface area contributed by atoms with Crippen LogP contribution in [0.5, 0.6) is 5.75 Å². The van der Waals surface area contributed by atoms with Crippen molar-refractivity contribution in [3.63, 3.8) is 0 Å². The van der Waals surface area contributed by atoms with Crippen LogP contribution in [0, 0.1) is 0 Å². The summed E-state index contributed by atoms with van der Waals surface area (Å²) in [6.07, 6.45) is -0.710. The largest absolute Gasteiger partial charge is 0.479 e. The van der Waals surface area contributed by atoms with Crippen LogP contribution >= 0.6 is 11.6 Å². The van der Waals surface area contributed by atoms with Crippen molar-refractivity contribution in [1.29, 1.82) is 0 Å². The zero-order valence-corrected chi connectivity index (χ0v) is 9.99. The summed E-state index contributed by atoms with van der Waals surface area (Å²) in [4.78, 5) is 10.8. The molecule has 0 spiro atoms. The first-order chi connectivity index (χ1) is 7.41. The molecule has 1 aromatic carbocycles. The Balaban J connectivity index is 2.87. The van der Waals surface area contributed by atoms with Crippen LogP contribution in [0.25, 0.3) is 0 Å². The number of benzene rings is 1. The fraction of sp³-hybridized carbons (Fsp3) is 0.364. The Morgan fingerprint density at radius 3 is 2.50 bits per heavy atom. The summed E-state index contributed by atoms with van der Waals surface area (Å²) in [6.45, 7) is 3.43. The van der Waals surface area contributed by atoms with Crippen LogP contribution in [-0.2, 0) is 4.79 Å². The van der Waals surface area contributed by atoms with E-state index in [4.69, 9.17) is 27.8 Å². The average molecular weight is 243 g/mol. The molecule has 88 valence electrons. The number of carbonyl (C=O) groups excluding carboxylic acids is 1. The van der Waals surface area contributed by atoms with E-state index < -0.39 is 12.0 Å². The standard InChI is InChI=1S/C11H15ClN2O2/c1-6(13)8-3-4-10(9(12)5-8)16-7(2)11(14)15/h3-7H,13H2,1-2H3,(H2,14,15)/t6-,7?/m1/s1. The van der Waals surface area contributed by atoms with Gasteiger partial charge in [0.05, 0.1) is 5.02 Å². The minimum absolute atomic E-state index is 0.0971. The number of rotatable bonds is 4. The second-order valence-electron chi connectivity index (χ2n) is 3.64. The summed E-state index contributed by atoms with van der Waals surface area (Å²) in [5, 5.41) is 0.419. The summed E-state index contributed by atoms with van der Waals surface area (Å²) in [5.74, 6) is -0.107. The minimum atomic E-state index is -0.710. The van der Waals surface area contributed by atoms with Crippen LogP contribution in [0.1, 0.15) is 25.5 Å². The van der Waals surface area contributed by atoms with Crippen LogP contribution in [0.4, 0.5) is 0 Å². The van der Waals surface area contributed by atoms with Crippen LogP contribution in [0.3, 0.4) is 0 Å². The van der Waals surface area contributed by atoms with Crippen molar-refractivity contribution in [2.75, 3.05) is 0 Å². The van der Waals surface area contributed by atoms with Gasteiger partial charge in [0, 0.05) is 6.04 Å². The Kier molecular flexibility index (Phi) is 4.15. The molecule has 16 heavy (non-hydrogen) atoms. The van der Waals surface area contributed by atoms with E-state index in [1.54, 1.807) is 25.1 Å². The van der Waals surface area contributed by atoms with Crippen LogP contribution in [0.15, 0.2) is 18.2 Å². The fourth-order valence-corrected chi connectivity index (χ4v) is 1.38. The molecule has 1 rings (SSSR count). The molecule has 4 N–H and O–H groups in total. The maximum absolute atomic E-state index is 10.8. The molecule has 0 saturated carbocycles. The van der Waals surface area contributed by atoms with Crippen molar-refractivity contribution >= 4 is 17.5 Å². The predicted octanol–water partition coefficient (Wildman–Crippen LogP) is 1.61. The summed E-state index contributed by atoms with van der Waals surface area (Å²) in [7, 11) is 0. The van der Waals surface area contributed by atoms with E-state index in [9.17, 15) is 4.79 Å².